The molecular weight excluding hydrogens is 658 g/mol. The van der Waals surface area contributed by atoms with Gasteiger partial charge in [-0.1, -0.05) is 0 Å². The van der Waals surface area contributed by atoms with Crippen LogP contribution in [0.15, 0.2) is 194 Å². The number of hydrogen-bond acceptors (Lipinski definition) is 0. The zero-order chi connectivity index (χ0) is 31.0. The molecular formula is C40H38BrClP2. The molecule has 6 rings (SSSR count). The summed E-state index contributed by atoms with van der Waals surface area (Å²) < 4.78 is 0. The van der Waals surface area contributed by atoms with Crippen molar-refractivity contribution in [2.45, 2.75) is 6.92 Å². The molecule has 0 N–H and O–H groups in total. The Morgan fingerprint density at radius 3 is 0.841 bits per heavy atom. The van der Waals surface area contributed by atoms with Crippen LogP contribution in [0.1, 0.15) is 6.92 Å². The van der Waals surface area contributed by atoms with E-state index < -0.39 is 11.3 Å². The van der Waals surface area contributed by atoms with Gasteiger partial charge >= 0.3 is 277 Å². The zero-order valence-electron chi connectivity index (χ0n) is 25.0. The van der Waals surface area contributed by atoms with Gasteiger partial charge in [-0.05, 0) is 0 Å². The molecule has 0 atom stereocenters. The quantitative estimate of drug-likeness (QED) is 0.139. The van der Waals surface area contributed by atoms with Gasteiger partial charge in [0.1, 0.15) is 0 Å². The van der Waals surface area contributed by atoms with Gasteiger partial charge in [0.15, 0.2) is 0 Å². The van der Waals surface area contributed by atoms with Crippen molar-refractivity contribution in [3.63, 3.8) is 0 Å². The summed E-state index contributed by atoms with van der Waals surface area (Å²) in [4.78, 5) is 0. The number of hydrogen-bond donors (Lipinski definition) is 0. The molecule has 0 heterocycles. The Morgan fingerprint density at radius 1 is 0.455 bits per heavy atom. The molecule has 0 fully saturated rings. The Labute approximate surface area is 275 Å². The van der Waals surface area contributed by atoms with Crippen molar-refractivity contribution in [2.75, 3.05) is 6.16 Å². The number of rotatable bonds is 8. The molecule has 0 aliphatic carbocycles. The van der Waals surface area contributed by atoms with Crippen molar-refractivity contribution in [1.82, 2.24) is 0 Å². The van der Waals surface area contributed by atoms with Gasteiger partial charge in [0, 0.05) is 0 Å². The fraction of sp³-hybridized carbons (Fsp3) is 0.0500. The Balaban J connectivity index is 0.000000175. The summed E-state index contributed by atoms with van der Waals surface area (Å²) >= 11 is 11.9. The zero-order valence-corrected chi connectivity index (χ0v) is 29.1. The monoisotopic (exact) mass is 694 g/mol. The van der Waals surface area contributed by atoms with Crippen molar-refractivity contribution < 1.29 is 0 Å². The summed E-state index contributed by atoms with van der Waals surface area (Å²) in [6, 6.07) is 63.5. The van der Waals surface area contributed by atoms with Gasteiger partial charge in [-0.2, -0.15) is 0 Å². The Bertz CT molecular complexity index is 1580. The molecule has 0 unspecified atom stereocenters. The van der Waals surface area contributed by atoms with Crippen LogP contribution in [0.5, 0.6) is 0 Å². The van der Waals surface area contributed by atoms with E-state index in [1.165, 1.54) is 15.9 Å². The van der Waals surface area contributed by atoms with Crippen molar-refractivity contribution in [2.24, 2.45) is 0 Å². The average molecular weight is 696 g/mol. The van der Waals surface area contributed by atoms with Gasteiger partial charge in [0.2, 0.25) is 0 Å². The molecule has 4 heteroatoms. The van der Waals surface area contributed by atoms with Crippen molar-refractivity contribution in [3.8, 4) is 0 Å². The first kappa shape index (κ1) is 32.1. The molecule has 6 aromatic carbocycles. The van der Waals surface area contributed by atoms with Gasteiger partial charge in [-0.3, -0.25) is 0 Å². The van der Waals surface area contributed by atoms with E-state index in [0.717, 1.165) is 22.1 Å². The van der Waals surface area contributed by atoms with Crippen LogP contribution in [-0.4, -0.2) is 6.16 Å². The second-order valence-electron chi connectivity index (χ2n) is 10.8. The van der Waals surface area contributed by atoms with Crippen LogP contribution >= 0.6 is 38.0 Å². The first-order chi connectivity index (χ1) is 21.4. The number of benzene rings is 6. The van der Waals surface area contributed by atoms with Gasteiger partial charge < -0.3 is 0 Å². The molecule has 0 aromatic heterocycles. The van der Waals surface area contributed by atoms with Crippen LogP contribution in [0.4, 0.5) is 0 Å². The van der Waals surface area contributed by atoms with Crippen LogP contribution in [0, 0.1) is 0 Å². The fourth-order valence-electron chi connectivity index (χ4n) is 6.13. The molecule has 6 aromatic rings. The summed E-state index contributed by atoms with van der Waals surface area (Å²) in [6.45, 7) is 6.45. The van der Waals surface area contributed by atoms with Gasteiger partial charge in [0.05, 0.1) is 0 Å². The maximum absolute atomic E-state index is 7.57. The molecule has 0 saturated heterocycles. The summed E-state index contributed by atoms with van der Waals surface area (Å²) in [7, 11) is 0. The second kappa shape index (κ2) is 13.4. The Hall–Kier alpha value is -3.31. The van der Waals surface area contributed by atoms with Gasteiger partial charge in [0.25, 0.3) is 0 Å². The number of halogens is 2. The first-order valence-electron chi connectivity index (χ1n) is 14.8. The molecule has 0 bridgehead atoms. The Morgan fingerprint density at radius 2 is 0.659 bits per heavy atom. The molecule has 0 aliphatic heterocycles. The molecule has 44 heavy (non-hydrogen) atoms. The predicted molar refractivity (Wildman–Crippen MR) is 206 cm³/mol. The van der Waals surface area contributed by atoms with E-state index in [1.807, 2.05) is 60.4 Å². The van der Waals surface area contributed by atoms with Crippen molar-refractivity contribution >= 4 is 69.8 Å². The minimum atomic E-state index is -3.16. The summed E-state index contributed by atoms with van der Waals surface area (Å²) in [6.07, 6.45) is 1.05. The van der Waals surface area contributed by atoms with Crippen LogP contribution in [-0.2, 0) is 0 Å². The van der Waals surface area contributed by atoms with Crippen LogP contribution in [0.3, 0.4) is 0 Å². The Kier molecular flexibility index (Phi) is 9.74. The average Bonchev–Trinajstić information content (AvgIpc) is 3.13. The van der Waals surface area contributed by atoms with E-state index in [-0.39, 0.29) is 0 Å². The topological polar surface area (TPSA) is 0 Å². The maximum atomic E-state index is 7.57. The molecule has 0 spiro atoms. The fourth-order valence-corrected chi connectivity index (χ4v) is 17.4. The summed E-state index contributed by atoms with van der Waals surface area (Å²) in [5.41, 5.74) is 0. The van der Waals surface area contributed by atoms with E-state index >= 15 is 0 Å². The molecule has 222 valence electrons. The molecule has 0 radical (unpaired) electrons. The third-order valence-electron chi connectivity index (χ3n) is 8.60. The standard InChI is InChI=1S/C20H20BrP.C20H18ClP/c2*1-2-22(21,18-12-6-3-7-13-18,19-14-8-4-9-15-19)20-16-10-5-11-17-20/h3-17H,2H2,1H3;2-17H,1H2. The van der Waals surface area contributed by atoms with Crippen LogP contribution in [0.25, 0.3) is 0 Å². The van der Waals surface area contributed by atoms with Crippen molar-refractivity contribution in [3.05, 3.63) is 194 Å². The minimum absolute atomic E-state index is 1.05. The second-order valence-corrected chi connectivity index (χ2v) is 26.2. The van der Waals surface area contributed by atoms with Gasteiger partial charge in [-0.15, -0.1) is 0 Å². The van der Waals surface area contributed by atoms with E-state index in [4.69, 9.17) is 11.2 Å². The normalized spacial score (nSPS) is 13.2. The van der Waals surface area contributed by atoms with E-state index in [2.05, 4.69) is 156 Å². The third-order valence-corrected chi connectivity index (χ3v) is 25.9. The van der Waals surface area contributed by atoms with Crippen LogP contribution < -0.4 is 31.8 Å². The first-order valence-corrected chi connectivity index (χ1v) is 22.5. The molecule has 0 nitrogen and oxygen atoms in total. The molecule has 0 amide bonds. The SMILES string of the molecule is C=CP(Cl)(c1ccccc1)(c1ccccc1)c1ccccc1.CCP(Br)(c1ccccc1)(c1ccccc1)c1ccccc1. The molecule has 0 saturated carbocycles. The van der Waals surface area contributed by atoms with E-state index in [9.17, 15) is 0 Å². The van der Waals surface area contributed by atoms with Crippen LogP contribution in [0.2, 0.25) is 0 Å². The summed E-state index contributed by atoms with van der Waals surface area (Å²) in [5.74, 6) is -1.20. The van der Waals surface area contributed by atoms with E-state index in [0.29, 0.717) is 0 Å². The predicted octanol–water partition coefficient (Wildman–Crippen LogP) is 9.66. The van der Waals surface area contributed by atoms with Crippen molar-refractivity contribution in [1.29, 1.82) is 0 Å². The van der Waals surface area contributed by atoms with Gasteiger partial charge in [-0.25, -0.2) is 0 Å². The van der Waals surface area contributed by atoms with E-state index in [1.54, 1.807) is 0 Å². The summed E-state index contributed by atoms with van der Waals surface area (Å²) in [5, 5.41) is 4.90. The molecule has 0 aliphatic rings. The third kappa shape index (κ3) is 5.42.